The number of nitrogens with zero attached hydrogens (tertiary/aromatic N) is 3. The van der Waals surface area contributed by atoms with Crippen molar-refractivity contribution in [1.29, 1.82) is 0 Å². The predicted octanol–water partition coefficient (Wildman–Crippen LogP) is 4.73. The number of benzene rings is 1. The van der Waals surface area contributed by atoms with Crippen LogP contribution in [-0.2, 0) is 13.1 Å². The van der Waals surface area contributed by atoms with Crippen molar-refractivity contribution >= 4 is 23.6 Å². The van der Waals surface area contributed by atoms with Crippen molar-refractivity contribution in [3.05, 3.63) is 68.4 Å². The Morgan fingerprint density at radius 2 is 2.08 bits per heavy atom. The molecule has 6 heteroatoms. The molecule has 1 aliphatic rings. The Kier molecular flexibility index (Phi) is 4.58. The molecule has 0 spiro atoms. The molecule has 0 saturated heterocycles. The first-order valence-electron chi connectivity index (χ1n) is 8.65. The number of aromatic amines is 1. The van der Waals surface area contributed by atoms with Crippen LogP contribution >= 0.6 is 23.6 Å². The van der Waals surface area contributed by atoms with Gasteiger partial charge < -0.3 is 0 Å². The SMILES string of the molecule is CC(C)c1nc(=S)n(CN2CCc3sccc3[C@H]2c2ccccc2)[nH]1. The number of aromatic nitrogens is 3. The van der Waals surface area contributed by atoms with Gasteiger partial charge in [0.2, 0.25) is 4.77 Å². The molecule has 1 N–H and O–H groups in total. The zero-order valence-electron chi connectivity index (χ0n) is 14.5. The molecule has 3 aromatic rings. The first-order chi connectivity index (χ1) is 12.1. The fourth-order valence-electron chi connectivity index (χ4n) is 3.46. The summed E-state index contributed by atoms with van der Waals surface area (Å²) in [5, 5.41) is 5.59. The minimum absolute atomic E-state index is 0.267. The van der Waals surface area contributed by atoms with Crippen LogP contribution in [0.3, 0.4) is 0 Å². The van der Waals surface area contributed by atoms with E-state index < -0.39 is 0 Å². The Bertz CT molecular complexity index is 907. The molecule has 0 saturated carbocycles. The smallest absolute Gasteiger partial charge is 0.217 e. The highest BCUT2D eigenvalue weighted by molar-refractivity contribution is 7.71. The van der Waals surface area contributed by atoms with Gasteiger partial charge in [0, 0.05) is 17.3 Å². The monoisotopic (exact) mass is 370 g/mol. The molecule has 0 radical (unpaired) electrons. The van der Waals surface area contributed by atoms with Crippen LogP contribution in [0.4, 0.5) is 0 Å². The lowest BCUT2D eigenvalue weighted by Gasteiger charge is -2.36. The quantitative estimate of drug-likeness (QED) is 0.675. The first-order valence-corrected chi connectivity index (χ1v) is 9.94. The number of rotatable bonds is 4. The highest BCUT2D eigenvalue weighted by Gasteiger charge is 2.30. The van der Waals surface area contributed by atoms with Crippen LogP contribution in [-0.4, -0.2) is 26.2 Å². The second-order valence-electron chi connectivity index (χ2n) is 6.79. The van der Waals surface area contributed by atoms with E-state index in [1.165, 1.54) is 16.0 Å². The van der Waals surface area contributed by atoms with Crippen LogP contribution in [0.25, 0.3) is 0 Å². The van der Waals surface area contributed by atoms with Crippen molar-refractivity contribution in [2.24, 2.45) is 0 Å². The van der Waals surface area contributed by atoms with Gasteiger partial charge in [-0.25, -0.2) is 9.67 Å². The second-order valence-corrected chi connectivity index (χ2v) is 8.16. The topological polar surface area (TPSA) is 36.9 Å². The molecule has 1 aromatic carbocycles. The lowest BCUT2D eigenvalue weighted by atomic mass is 9.94. The van der Waals surface area contributed by atoms with Gasteiger partial charge in [0.1, 0.15) is 5.82 Å². The van der Waals surface area contributed by atoms with Crippen LogP contribution in [0.1, 0.15) is 47.6 Å². The lowest BCUT2D eigenvalue weighted by molar-refractivity contribution is 0.156. The predicted molar refractivity (Wildman–Crippen MR) is 105 cm³/mol. The molecule has 130 valence electrons. The summed E-state index contributed by atoms with van der Waals surface area (Å²) in [6, 6.07) is 13.3. The molecule has 1 atom stereocenters. The van der Waals surface area contributed by atoms with Crippen LogP contribution < -0.4 is 0 Å². The van der Waals surface area contributed by atoms with Gasteiger partial charge in [0.15, 0.2) is 0 Å². The Balaban J connectivity index is 1.70. The molecule has 0 fully saturated rings. The van der Waals surface area contributed by atoms with Crippen LogP contribution in [0.5, 0.6) is 0 Å². The van der Waals surface area contributed by atoms with Crippen molar-refractivity contribution in [3.63, 3.8) is 0 Å². The van der Waals surface area contributed by atoms with E-state index in [0.29, 0.717) is 10.7 Å². The summed E-state index contributed by atoms with van der Waals surface area (Å²) in [5.41, 5.74) is 2.76. The van der Waals surface area contributed by atoms with E-state index in [0.717, 1.165) is 25.5 Å². The average Bonchev–Trinajstić information content (AvgIpc) is 3.22. The van der Waals surface area contributed by atoms with Crippen molar-refractivity contribution in [1.82, 2.24) is 19.7 Å². The fourth-order valence-corrected chi connectivity index (χ4v) is 4.56. The highest BCUT2D eigenvalue weighted by atomic mass is 32.1. The summed E-state index contributed by atoms with van der Waals surface area (Å²) in [4.78, 5) is 8.49. The Hall–Kier alpha value is -1.76. The maximum absolute atomic E-state index is 5.47. The number of hydrogen-bond acceptors (Lipinski definition) is 4. The summed E-state index contributed by atoms with van der Waals surface area (Å²) in [7, 11) is 0. The van der Waals surface area contributed by atoms with E-state index in [4.69, 9.17) is 12.2 Å². The third-order valence-electron chi connectivity index (χ3n) is 4.75. The van der Waals surface area contributed by atoms with E-state index in [1.807, 2.05) is 16.0 Å². The Morgan fingerprint density at radius 3 is 2.80 bits per heavy atom. The maximum atomic E-state index is 5.47. The van der Waals surface area contributed by atoms with E-state index in [1.54, 1.807) is 0 Å². The van der Waals surface area contributed by atoms with Gasteiger partial charge in [-0.1, -0.05) is 44.2 Å². The molecular weight excluding hydrogens is 348 g/mol. The minimum Gasteiger partial charge on any atom is -0.282 e. The number of fused-ring (bicyclic) bond motifs is 1. The molecule has 3 heterocycles. The normalized spacial score (nSPS) is 17.8. The third-order valence-corrected chi connectivity index (χ3v) is 6.06. The Labute approximate surface area is 157 Å². The van der Waals surface area contributed by atoms with Crippen molar-refractivity contribution in [2.45, 2.75) is 38.9 Å². The van der Waals surface area contributed by atoms with Gasteiger partial charge in [-0.2, -0.15) is 0 Å². The minimum atomic E-state index is 0.267. The summed E-state index contributed by atoms with van der Waals surface area (Å²) in [6.45, 7) is 6.00. The number of hydrogen-bond donors (Lipinski definition) is 1. The standard InChI is InChI=1S/C19H22N4S2/c1-13(2)18-20-19(24)23(21-18)12-22-10-8-16-15(9-11-25-16)17(22)14-6-4-3-5-7-14/h3-7,9,11,13,17H,8,10,12H2,1-2H3,(H,20,21,24)/t17-/m1/s1. The molecule has 2 aromatic heterocycles. The van der Waals surface area contributed by atoms with Crippen LogP contribution in [0.2, 0.25) is 0 Å². The summed E-state index contributed by atoms with van der Waals surface area (Å²) >= 11 is 7.34. The average molecular weight is 371 g/mol. The van der Waals surface area contributed by atoms with Crippen molar-refractivity contribution in [2.75, 3.05) is 6.54 Å². The molecule has 4 nitrogen and oxygen atoms in total. The number of nitrogens with one attached hydrogen (secondary N) is 1. The first kappa shape index (κ1) is 16.7. The van der Waals surface area contributed by atoms with Gasteiger partial charge in [-0.15, -0.1) is 11.3 Å². The van der Waals surface area contributed by atoms with E-state index in [-0.39, 0.29) is 6.04 Å². The summed E-state index contributed by atoms with van der Waals surface area (Å²) in [5.74, 6) is 1.30. The van der Waals surface area contributed by atoms with E-state index in [9.17, 15) is 0 Å². The summed E-state index contributed by atoms with van der Waals surface area (Å²) < 4.78 is 2.63. The van der Waals surface area contributed by atoms with Crippen LogP contribution in [0.15, 0.2) is 41.8 Å². The summed E-state index contributed by atoms with van der Waals surface area (Å²) in [6.07, 6.45) is 1.09. The van der Waals surface area contributed by atoms with Gasteiger partial charge in [-0.05, 0) is 41.2 Å². The molecule has 0 bridgehead atoms. The number of thiophene rings is 1. The van der Waals surface area contributed by atoms with Crippen molar-refractivity contribution in [3.8, 4) is 0 Å². The Morgan fingerprint density at radius 1 is 1.28 bits per heavy atom. The zero-order chi connectivity index (χ0) is 17.4. The molecule has 0 unspecified atom stereocenters. The second kappa shape index (κ2) is 6.86. The molecule has 1 aliphatic heterocycles. The van der Waals surface area contributed by atoms with Gasteiger partial charge >= 0.3 is 0 Å². The van der Waals surface area contributed by atoms with Crippen LogP contribution in [0, 0.1) is 4.77 Å². The highest BCUT2D eigenvalue weighted by Crippen LogP contribution is 2.37. The molecule has 0 amide bonds. The molecule has 25 heavy (non-hydrogen) atoms. The molecule has 4 rings (SSSR count). The molecule has 0 aliphatic carbocycles. The van der Waals surface area contributed by atoms with E-state index >= 15 is 0 Å². The fraction of sp³-hybridized carbons (Fsp3) is 0.368. The maximum Gasteiger partial charge on any atom is 0.217 e. The lowest BCUT2D eigenvalue weighted by Crippen LogP contribution is -2.37. The van der Waals surface area contributed by atoms with Gasteiger partial charge in [-0.3, -0.25) is 10.00 Å². The van der Waals surface area contributed by atoms with Gasteiger partial charge in [0.25, 0.3) is 0 Å². The van der Waals surface area contributed by atoms with Gasteiger partial charge in [0.05, 0.1) is 12.7 Å². The number of H-pyrrole nitrogens is 1. The zero-order valence-corrected chi connectivity index (χ0v) is 16.1. The molecular formula is C19H22N4S2. The third kappa shape index (κ3) is 3.21. The van der Waals surface area contributed by atoms with Crippen molar-refractivity contribution < 1.29 is 0 Å². The largest absolute Gasteiger partial charge is 0.282 e. The van der Waals surface area contributed by atoms with E-state index in [2.05, 4.69) is 70.6 Å².